The third-order valence-electron chi connectivity index (χ3n) is 3.88. The highest BCUT2D eigenvalue weighted by atomic mass is 16.5. The SMILES string of the molecule is CN(Cc1cc(CNC(C)(C)C)no1)CC1CCCC1. The van der Waals surface area contributed by atoms with Crippen molar-refractivity contribution in [2.24, 2.45) is 5.92 Å². The number of nitrogens with zero attached hydrogens (tertiary/aromatic N) is 2. The van der Waals surface area contributed by atoms with Crippen LogP contribution in [-0.2, 0) is 13.1 Å². The zero-order chi connectivity index (χ0) is 14.6. The molecular formula is C16H29N3O. The first-order valence-corrected chi connectivity index (χ1v) is 7.80. The molecule has 1 saturated carbocycles. The van der Waals surface area contributed by atoms with Crippen molar-refractivity contribution in [3.05, 3.63) is 17.5 Å². The van der Waals surface area contributed by atoms with Crippen LogP contribution < -0.4 is 5.32 Å². The summed E-state index contributed by atoms with van der Waals surface area (Å²) in [5.74, 6) is 1.85. The molecule has 0 amide bonds. The predicted octanol–water partition coefficient (Wildman–Crippen LogP) is 3.18. The zero-order valence-electron chi connectivity index (χ0n) is 13.4. The Bertz CT molecular complexity index is 402. The molecule has 1 aromatic rings. The zero-order valence-corrected chi connectivity index (χ0v) is 13.4. The van der Waals surface area contributed by atoms with E-state index in [1.54, 1.807) is 0 Å². The highest BCUT2D eigenvalue weighted by molar-refractivity contribution is 5.05. The fraction of sp³-hybridized carbons (Fsp3) is 0.812. The van der Waals surface area contributed by atoms with E-state index in [1.807, 2.05) is 0 Å². The van der Waals surface area contributed by atoms with Crippen LogP contribution in [0, 0.1) is 5.92 Å². The van der Waals surface area contributed by atoms with Gasteiger partial charge in [-0.1, -0.05) is 18.0 Å². The summed E-state index contributed by atoms with van der Waals surface area (Å²) >= 11 is 0. The van der Waals surface area contributed by atoms with Gasteiger partial charge in [-0.2, -0.15) is 0 Å². The van der Waals surface area contributed by atoms with Gasteiger partial charge in [-0.25, -0.2) is 0 Å². The van der Waals surface area contributed by atoms with Gasteiger partial charge >= 0.3 is 0 Å². The smallest absolute Gasteiger partial charge is 0.151 e. The molecule has 1 fully saturated rings. The number of hydrogen-bond donors (Lipinski definition) is 1. The molecule has 1 aromatic heterocycles. The minimum Gasteiger partial charge on any atom is -0.360 e. The standard InChI is InChI=1S/C16H29N3O/c1-16(2,3)17-10-14-9-15(20-18-14)12-19(4)11-13-7-5-6-8-13/h9,13,17H,5-8,10-12H2,1-4H3. The van der Waals surface area contributed by atoms with Crippen molar-refractivity contribution in [3.63, 3.8) is 0 Å². The lowest BCUT2D eigenvalue weighted by molar-refractivity contribution is 0.238. The number of aromatic nitrogens is 1. The van der Waals surface area contributed by atoms with E-state index in [1.165, 1.54) is 32.2 Å². The molecule has 2 rings (SSSR count). The van der Waals surface area contributed by atoms with Crippen LogP contribution in [0.15, 0.2) is 10.6 Å². The Morgan fingerprint density at radius 2 is 2.05 bits per heavy atom. The van der Waals surface area contributed by atoms with Crippen LogP contribution in [0.25, 0.3) is 0 Å². The van der Waals surface area contributed by atoms with Crippen molar-refractivity contribution >= 4 is 0 Å². The summed E-state index contributed by atoms with van der Waals surface area (Å²) in [6.07, 6.45) is 5.59. The number of nitrogens with one attached hydrogen (secondary N) is 1. The second kappa shape index (κ2) is 6.72. The maximum Gasteiger partial charge on any atom is 0.151 e. The molecule has 0 aromatic carbocycles. The first kappa shape index (κ1) is 15.5. The lowest BCUT2D eigenvalue weighted by Crippen LogP contribution is -2.35. The molecule has 0 spiro atoms. The summed E-state index contributed by atoms with van der Waals surface area (Å²) in [5, 5.41) is 7.57. The quantitative estimate of drug-likeness (QED) is 0.868. The van der Waals surface area contributed by atoms with E-state index in [0.717, 1.165) is 30.5 Å². The molecule has 114 valence electrons. The molecule has 1 heterocycles. The van der Waals surface area contributed by atoms with Gasteiger partial charge in [-0.3, -0.25) is 4.90 Å². The largest absolute Gasteiger partial charge is 0.360 e. The highest BCUT2D eigenvalue weighted by Gasteiger charge is 2.18. The molecular weight excluding hydrogens is 250 g/mol. The number of rotatable bonds is 6. The van der Waals surface area contributed by atoms with E-state index in [9.17, 15) is 0 Å². The van der Waals surface area contributed by atoms with Crippen LogP contribution in [0.2, 0.25) is 0 Å². The Kier molecular flexibility index (Phi) is 5.22. The van der Waals surface area contributed by atoms with Crippen molar-refractivity contribution in [1.82, 2.24) is 15.4 Å². The van der Waals surface area contributed by atoms with Gasteiger partial charge in [0.15, 0.2) is 5.76 Å². The van der Waals surface area contributed by atoms with E-state index in [0.29, 0.717) is 0 Å². The molecule has 4 nitrogen and oxygen atoms in total. The average molecular weight is 279 g/mol. The Morgan fingerprint density at radius 1 is 1.35 bits per heavy atom. The van der Waals surface area contributed by atoms with E-state index < -0.39 is 0 Å². The molecule has 0 atom stereocenters. The molecule has 1 aliphatic carbocycles. The van der Waals surface area contributed by atoms with Gasteiger partial charge in [0.1, 0.15) is 0 Å². The molecule has 1 N–H and O–H groups in total. The van der Waals surface area contributed by atoms with Gasteiger partial charge in [0.2, 0.25) is 0 Å². The van der Waals surface area contributed by atoms with Gasteiger partial charge in [-0.05, 0) is 46.6 Å². The Morgan fingerprint density at radius 3 is 2.70 bits per heavy atom. The molecule has 0 aliphatic heterocycles. The molecule has 0 saturated heterocycles. The van der Waals surface area contributed by atoms with Crippen molar-refractivity contribution in [3.8, 4) is 0 Å². The summed E-state index contributed by atoms with van der Waals surface area (Å²) in [4.78, 5) is 2.36. The maximum atomic E-state index is 5.43. The lowest BCUT2D eigenvalue weighted by atomic mass is 10.1. The highest BCUT2D eigenvalue weighted by Crippen LogP contribution is 2.25. The van der Waals surface area contributed by atoms with E-state index in [-0.39, 0.29) is 5.54 Å². The van der Waals surface area contributed by atoms with Crippen LogP contribution in [0.3, 0.4) is 0 Å². The van der Waals surface area contributed by atoms with Gasteiger partial charge in [-0.15, -0.1) is 0 Å². The molecule has 4 heteroatoms. The van der Waals surface area contributed by atoms with E-state index >= 15 is 0 Å². The average Bonchev–Trinajstić information content (AvgIpc) is 2.97. The van der Waals surface area contributed by atoms with Crippen molar-refractivity contribution in [2.45, 2.75) is 65.1 Å². The summed E-state index contributed by atoms with van der Waals surface area (Å²) in [6.45, 7) is 9.27. The summed E-state index contributed by atoms with van der Waals surface area (Å²) in [7, 11) is 2.17. The van der Waals surface area contributed by atoms with Crippen LogP contribution in [-0.4, -0.2) is 29.2 Å². The third-order valence-corrected chi connectivity index (χ3v) is 3.88. The predicted molar refractivity (Wildman–Crippen MR) is 81.4 cm³/mol. The fourth-order valence-electron chi connectivity index (χ4n) is 2.83. The Labute approximate surface area is 122 Å². The van der Waals surface area contributed by atoms with Crippen LogP contribution in [0.1, 0.15) is 57.9 Å². The maximum absolute atomic E-state index is 5.43. The summed E-state index contributed by atoms with van der Waals surface area (Å²) in [5.41, 5.74) is 1.10. The minimum atomic E-state index is 0.110. The molecule has 0 unspecified atom stereocenters. The van der Waals surface area contributed by atoms with Crippen LogP contribution >= 0.6 is 0 Å². The molecule has 20 heavy (non-hydrogen) atoms. The summed E-state index contributed by atoms with van der Waals surface area (Å²) < 4.78 is 5.43. The first-order valence-electron chi connectivity index (χ1n) is 7.80. The topological polar surface area (TPSA) is 41.3 Å². The van der Waals surface area contributed by atoms with Gasteiger partial charge in [0.05, 0.1) is 12.2 Å². The van der Waals surface area contributed by atoms with E-state index in [4.69, 9.17) is 4.52 Å². The first-order chi connectivity index (χ1) is 9.42. The van der Waals surface area contributed by atoms with Gasteiger partial charge in [0, 0.05) is 24.7 Å². The van der Waals surface area contributed by atoms with Gasteiger partial charge in [0.25, 0.3) is 0 Å². The molecule has 0 radical (unpaired) electrons. The Balaban J connectivity index is 1.76. The molecule has 1 aliphatic rings. The van der Waals surface area contributed by atoms with E-state index in [2.05, 4.69) is 49.3 Å². The van der Waals surface area contributed by atoms with Gasteiger partial charge < -0.3 is 9.84 Å². The van der Waals surface area contributed by atoms with Crippen molar-refractivity contribution in [2.75, 3.05) is 13.6 Å². The molecule has 0 bridgehead atoms. The second-order valence-corrected chi connectivity index (χ2v) is 7.24. The summed E-state index contributed by atoms with van der Waals surface area (Å²) in [6, 6.07) is 2.07. The Hall–Kier alpha value is -0.870. The van der Waals surface area contributed by atoms with Crippen molar-refractivity contribution < 1.29 is 4.52 Å². The number of hydrogen-bond acceptors (Lipinski definition) is 4. The lowest BCUT2D eigenvalue weighted by Gasteiger charge is -2.19. The fourth-order valence-corrected chi connectivity index (χ4v) is 2.83. The second-order valence-electron chi connectivity index (χ2n) is 7.24. The van der Waals surface area contributed by atoms with Crippen LogP contribution in [0.4, 0.5) is 0 Å². The third kappa shape index (κ3) is 5.25. The normalized spacial score (nSPS) is 17.2. The monoisotopic (exact) mass is 279 g/mol. The van der Waals surface area contributed by atoms with Crippen LogP contribution in [0.5, 0.6) is 0 Å². The van der Waals surface area contributed by atoms with Crippen molar-refractivity contribution in [1.29, 1.82) is 0 Å². The minimum absolute atomic E-state index is 0.110.